The van der Waals surface area contributed by atoms with Crippen LogP contribution in [0.25, 0.3) is 0 Å². The smallest absolute Gasteiger partial charge is 0.0408 e. The van der Waals surface area contributed by atoms with Crippen LogP contribution < -0.4 is 5.32 Å². The van der Waals surface area contributed by atoms with Crippen molar-refractivity contribution in [1.29, 1.82) is 0 Å². The molecule has 1 aromatic carbocycles. The largest absolute Gasteiger partial charge is 0.310 e. The van der Waals surface area contributed by atoms with Gasteiger partial charge in [-0.05, 0) is 86.1 Å². The van der Waals surface area contributed by atoms with Crippen molar-refractivity contribution in [2.75, 3.05) is 6.54 Å². The predicted molar refractivity (Wildman–Crippen MR) is 79.5 cm³/mol. The molecule has 0 aliphatic heterocycles. The van der Waals surface area contributed by atoms with Crippen LogP contribution in [-0.2, 0) is 6.42 Å². The van der Waals surface area contributed by atoms with Crippen molar-refractivity contribution in [1.82, 2.24) is 5.32 Å². The summed E-state index contributed by atoms with van der Waals surface area (Å²) >= 11 is 6.08. The minimum atomic E-state index is 0.576. The zero-order valence-corrected chi connectivity index (χ0v) is 12.1. The Balaban J connectivity index is 1.41. The summed E-state index contributed by atoms with van der Waals surface area (Å²) in [5.41, 5.74) is 2.95. The van der Waals surface area contributed by atoms with Crippen LogP contribution >= 0.6 is 11.6 Å². The first-order valence-electron chi connectivity index (χ1n) is 7.83. The number of halogens is 1. The average Bonchev–Trinajstić information content (AvgIpc) is 3.29. The Morgan fingerprint density at radius 2 is 1.84 bits per heavy atom. The van der Waals surface area contributed by atoms with Crippen molar-refractivity contribution in [3.63, 3.8) is 0 Å². The van der Waals surface area contributed by atoms with Gasteiger partial charge in [-0.15, -0.1) is 0 Å². The summed E-state index contributed by atoms with van der Waals surface area (Å²) in [7, 11) is 0. The Morgan fingerprint density at radius 3 is 2.53 bits per heavy atom. The highest BCUT2D eigenvalue weighted by atomic mass is 35.5. The van der Waals surface area contributed by atoms with Crippen LogP contribution in [0.2, 0.25) is 5.02 Å². The van der Waals surface area contributed by atoms with Gasteiger partial charge in [0.05, 0.1) is 0 Å². The van der Waals surface area contributed by atoms with E-state index in [2.05, 4.69) is 17.4 Å². The van der Waals surface area contributed by atoms with E-state index in [-0.39, 0.29) is 0 Å². The molecule has 1 N–H and O–H groups in total. The van der Waals surface area contributed by atoms with E-state index in [0.29, 0.717) is 6.04 Å². The fourth-order valence-corrected chi connectivity index (χ4v) is 4.04. The zero-order valence-electron chi connectivity index (χ0n) is 11.4. The van der Waals surface area contributed by atoms with E-state index in [1.165, 1.54) is 56.2 Å². The molecule has 1 nitrogen and oxygen atoms in total. The molecule has 1 aromatic rings. The van der Waals surface area contributed by atoms with Crippen molar-refractivity contribution in [2.24, 2.45) is 17.8 Å². The molecule has 19 heavy (non-hydrogen) atoms. The van der Waals surface area contributed by atoms with Gasteiger partial charge in [0.15, 0.2) is 0 Å². The van der Waals surface area contributed by atoms with Crippen molar-refractivity contribution < 1.29 is 0 Å². The van der Waals surface area contributed by atoms with E-state index < -0.39 is 0 Å². The second kappa shape index (κ2) is 4.79. The third kappa shape index (κ3) is 2.55. The number of rotatable bonds is 5. The third-order valence-corrected chi connectivity index (χ3v) is 5.47. The summed E-state index contributed by atoms with van der Waals surface area (Å²) < 4.78 is 0. The molecule has 2 fully saturated rings. The Bertz CT molecular complexity index is 464. The third-order valence-electron chi connectivity index (χ3n) is 5.24. The lowest BCUT2D eigenvalue weighted by atomic mass is 9.97. The van der Waals surface area contributed by atoms with Crippen molar-refractivity contribution in [2.45, 2.75) is 44.6 Å². The normalized spacial score (nSPS) is 25.9. The first-order valence-corrected chi connectivity index (χ1v) is 8.21. The van der Waals surface area contributed by atoms with Gasteiger partial charge in [-0.2, -0.15) is 0 Å². The predicted octanol–water partition coefficient (Wildman–Crippen LogP) is 4.35. The molecule has 2 saturated carbocycles. The van der Waals surface area contributed by atoms with E-state index in [9.17, 15) is 0 Å². The highest BCUT2D eigenvalue weighted by Crippen LogP contribution is 2.49. The molecule has 0 bridgehead atoms. The van der Waals surface area contributed by atoms with Crippen LogP contribution in [0.5, 0.6) is 0 Å². The summed E-state index contributed by atoms with van der Waals surface area (Å²) in [6.07, 6.45) is 8.38. The lowest BCUT2D eigenvalue weighted by molar-refractivity contribution is 0.355. The Morgan fingerprint density at radius 1 is 1.11 bits per heavy atom. The summed E-state index contributed by atoms with van der Waals surface area (Å²) in [6, 6.07) is 7.00. The molecule has 0 spiro atoms. The van der Waals surface area contributed by atoms with Gasteiger partial charge in [0.2, 0.25) is 0 Å². The van der Waals surface area contributed by atoms with Crippen LogP contribution in [0.1, 0.15) is 49.3 Å². The molecule has 3 aliphatic carbocycles. The van der Waals surface area contributed by atoms with Crippen LogP contribution in [0, 0.1) is 17.8 Å². The van der Waals surface area contributed by atoms with Gasteiger partial charge in [-0.3, -0.25) is 0 Å². The highest BCUT2D eigenvalue weighted by Gasteiger charge is 2.41. The van der Waals surface area contributed by atoms with Gasteiger partial charge < -0.3 is 5.32 Å². The number of aryl methyl sites for hydroxylation is 1. The molecule has 0 radical (unpaired) electrons. The molecule has 2 heteroatoms. The second-order valence-electron chi connectivity index (χ2n) is 6.68. The maximum Gasteiger partial charge on any atom is 0.0408 e. The molecule has 0 amide bonds. The molecular formula is C17H22ClN. The number of hydrogen-bond acceptors (Lipinski definition) is 1. The quantitative estimate of drug-likeness (QED) is 0.842. The van der Waals surface area contributed by atoms with Crippen molar-refractivity contribution in [3.8, 4) is 0 Å². The average molecular weight is 276 g/mol. The Kier molecular flexibility index (Phi) is 3.08. The van der Waals surface area contributed by atoms with Crippen LogP contribution in [-0.4, -0.2) is 6.54 Å². The van der Waals surface area contributed by atoms with Gasteiger partial charge in [-0.1, -0.05) is 17.7 Å². The monoisotopic (exact) mass is 275 g/mol. The van der Waals surface area contributed by atoms with Crippen LogP contribution in [0.4, 0.5) is 0 Å². The topological polar surface area (TPSA) is 12.0 Å². The summed E-state index contributed by atoms with van der Waals surface area (Å²) in [4.78, 5) is 0. The van der Waals surface area contributed by atoms with Gasteiger partial charge in [-0.25, -0.2) is 0 Å². The first-order chi connectivity index (χ1) is 9.31. The maximum atomic E-state index is 6.08. The molecule has 1 atom stereocenters. The van der Waals surface area contributed by atoms with E-state index in [1.54, 1.807) is 0 Å². The van der Waals surface area contributed by atoms with Gasteiger partial charge >= 0.3 is 0 Å². The molecule has 102 valence electrons. The number of hydrogen-bond donors (Lipinski definition) is 1. The molecule has 3 aliphatic rings. The Hall–Kier alpha value is -0.530. The Labute approximate surface area is 120 Å². The number of fused-ring (bicyclic) bond motifs is 1. The molecule has 4 rings (SSSR count). The molecule has 0 heterocycles. The standard InChI is InChI=1S/C17H22ClN/c18-14-6-7-15-13(9-14)5-8-17(15)19-10-16(11-1-2-11)12-3-4-12/h6-7,9,11-12,16-17,19H,1-5,8,10H2. The lowest BCUT2D eigenvalue weighted by Gasteiger charge is -2.20. The fourth-order valence-electron chi connectivity index (χ4n) is 3.84. The van der Waals surface area contributed by atoms with Gasteiger partial charge in [0.25, 0.3) is 0 Å². The maximum absolute atomic E-state index is 6.08. The molecular weight excluding hydrogens is 254 g/mol. The van der Waals surface area contributed by atoms with Crippen LogP contribution in [0.3, 0.4) is 0 Å². The van der Waals surface area contributed by atoms with E-state index in [1.807, 2.05) is 6.07 Å². The zero-order chi connectivity index (χ0) is 12.8. The molecule has 0 aromatic heterocycles. The lowest BCUT2D eigenvalue weighted by Crippen LogP contribution is -2.28. The van der Waals surface area contributed by atoms with E-state index in [0.717, 1.165) is 22.8 Å². The van der Waals surface area contributed by atoms with Crippen LogP contribution in [0.15, 0.2) is 18.2 Å². The van der Waals surface area contributed by atoms with E-state index in [4.69, 9.17) is 11.6 Å². The fraction of sp³-hybridized carbons (Fsp3) is 0.647. The van der Waals surface area contributed by atoms with Crippen molar-refractivity contribution >= 4 is 11.6 Å². The van der Waals surface area contributed by atoms with Crippen molar-refractivity contribution in [3.05, 3.63) is 34.3 Å². The number of benzene rings is 1. The minimum Gasteiger partial charge on any atom is -0.310 e. The number of nitrogens with one attached hydrogen (secondary N) is 1. The summed E-state index contributed by atoms with van der Waals surface area (Å²) in [5.74, 6) is 3.06. The molecule has 0 saturated heterocycles. The van der Waals surface area contributed by atoms with E-state index >= 15 is 0 Å². The molecule has 1 unspecified atom stereocenters. The highest BCUT2D eigenvalue weighted by molar-refractivity contribution is 6.30. The summed E-state index contributed by atoms with van der Waals surface area (Å²) in [6.45, 7) is 1.24. The second-order valence-corrected chi connectivity index (χ2v) is 7.12. The van der Waals surface area contributed by atoms with Gasteiger partial charge in [0, 0.05) is 11.1 Å². The SMILES string of the molecule is Clc1ccc2c(c1)CCC2NCC(C1CC1)C1CC1. The van der Waals surface area contributed by atoms with Gasteiger partial charge in [0.1, 0.15) is 0 Å². The summed E-state index contributed by atoms with van der Waals surface area (Å²) in [5, 5.41) is 4.74. The first kappa shape index (κ1) is 12.2. The minimum absolute atomic E-state index is 0.576.